The molecule has 0 saturated carbocycles. The molecule has 0 radical (unpaired) electrons. The van der Waals surface area contributed by atoms with Crippen LogP contribution in [0.25, 0.3) is 5.52 Å². The highest BCUT2D eigenvalue weighted by Gasteiger charge is 2.19. The topological polar surface area (TPSA) is 69.6 Å². The van der Waals surface area contributed by atoms with Crippen molar-refractivity contribution in [3.8, 4) is 0 Å². The van der Waals surface area contributed by atoms with E-state index in [1.54, 1.807) is 24.4 Å². The Kier molecular flexibility index (Phi) is 3.89. The molecule has 0 atom stereocenters. The van der Waals surface area contributed by atoms with E-state index in [4.69, 9.17) is 0 Å². The van der Waals surface area contributed by atoms with E-state index in [0.29, 0.717) is 5.52 Å². The van der Waals surface area contributed by atoms with E-state index in [1.165, 1.54) is 15.5 Å². The van der Waals surface area contributed by atoms with Gasteiger partial charge in [-0.2, -0.15) is 0 Å². The number of carbonyl (C=O) groups is 1. The number of amides is 1. The maximum absolute atomic E-state index is 12.6. The fourth-order valence-electron chi connectivity index (χ4n) is 3.42. The number of hydrogen-bond acceptors (Lipinski definition) is 3. The molecule has 1 aliphatic heterocycles. The van der Waals surface area contributed by atoms with Crippen molar-refractivity contribution in [3.05, 3.63) is 69.9 Å². The normalized spacial score (nSPS) is 14.4. The van der Waals surface area contributed by atoms with E-state index in [1.807, 2.05) is 12.1 Å². The summed E-state index contributed by atoms with van der Waals surface area (Å²) in [6.07, 6.45) is 2.58. The highest BCUT2D eigenvalue weighted by atomic mass is 16.2. The van der Waals surface area contributed by atoms with Crippen LogP contribution < -0.4 is 11.0 Å². The number of aromatic nitrogens is 2. The molecule has 1 aromatic carbocycles. The van der Waals surface area contributed by atoms with Crippen LogP contribution in [0.15, 0.2) is 47.4 Å². The van der Waals surface area contributed by atoms with Crippen molar-refractivity contribution in [3.63, 3.8) is 0 Å². The van der Waals surface area contributed by atoms with Gasteiger partial charge < -0.3 is 10.3 Å². The molecule has 0 unspecified atom stereocenters. The first kappa shape index (κ1) is 15.7. The van der Waals surface area contributed by atoms with Gasteiger partial charge in [-0.05, 0) is 48.4 Å². The predicted octanol–water partition coefficient (Wildman–Crippen LogP) is 2.26. The third-order valence-electron chi connectivity index (χ3n) is 4.82. The molecule has 0 fully saturated rings. The van der Waals surface area contributed by atoms with Crippen molar-refractivity contribution in [2.24, 2.45) is 0 Å². The average molecular weight is 336 g/mol. The van der Waals surface area contributed by atoms with Gasteiger partial charge in [0.2, 0.25) is 0 Å². The number of aromatic amines is 1. The Morgan fingerprint density at radius 3 is 3.00 bits per heavy atom. The molecule has 1 aliphatic rings. The van der Waals surface area contributed by atoms with Gasteiger partial charge >= 0.3 is 5.69 Å². The lowest BCUT2D eigenvalue weighted by atomic mass is 9.97. The monoisotopic (exact) mass is 336 g/mol. The fraction of sp³-hybridized carbons (Fsp3) is 0.263. The van der Waals surface area contributed by atoms with Crippen molar-refractivity contribution in [2.75, 3.05) is 18.4 Å². The Hall–Kier alpha value is -2.86. The number of likely N-dealkylation sites (N-methyl/N-ethyl adjacent to an activating group) is 1. The highest BCUT2D eigenvalue weighted by molar-refractivity contribution is 6.04. The summed E-state index contributed by atoms with van der Waals surface area (Å²) in [7, 11) is 0. The Morgan fingerprint density at radius 1 is 1.28 bits per heavy atom. The van der Waals surface area contributed by atoms with Crippen LogP contribution in [0, 0.1) is 0 Å². The van der Waals surface area contributed by atoms with Crippen molar-refractivity contribution in [1.29, 1.82) is 0 Å². The zero-order valence-corrected chi connectivity index (χ0v) is 14.1. The quantitative estimate of drug-likeness (QED) is 0.771. The zero-order chi connectivity index (χ0) is 17.4. The molecule has 4 rings (SSSR count). The Labute approximate surface area is 145 Å². The molecule has 2 aromatic heterocycles. The number of hydrogen-bond donors (Lipinski definition) is 2. The van der Waals surface area contributed by atoms with E-state index < -0.39 is 0 Å². The molecule has 2 N–H and O–H groups in total. The lowest BCUT2D eigenvalue weighted by Gasteiger charge is -2.29. The molecular weight excluding hydrogens is 316 g/mol. The predicted molar refractivity (Wildman–Crippen MR) is 97.1 cm³/mol. The number of benzene rings is 1. The third kappa shape index (κ3) is 2.85. The summed E-state index contributed by atoms with van der Waals surface area (Å²) < 4.78 is 1.47. The van der Waals surface area contributed by atoms with Crippen molar-refractivity contribution < 1.29 is 4.79 Å². The second kappa shape index (κ2) is 6.22. The number of nitrogens with one attached hydrogen (secondary N) is 2. The van der Waals surface area contributed by atoms with Crippen LogP contribution in [0.5, 0.6) is 0 Å². The maximum Gasteiger partial charge on any atom is 0.330 e. The second-order valence-electron chi connectivity index (χ2n) is 6.31. The largest absolute Gasteiger partial charge is 0.330 e. The standard InChI is InChI=1S/C19H20N4O2/c1-2-22-10-8-15-13(12-22)5-3-7-16(15)20-18(24)17-11-14-6-4-9-23(14)19(25)21-17/h3-7,9,11H,2,8,10,12H2,1H3,(H,20,24)(H,21,25). The molecule has 0 saturated heterocycles. The van der Waals surface area contributed by atoms with Gasteiger partial charge in [0.15, 0.2) is 0 Å². The van der Waals surface area contributed by atoms with Gasteiger partial charge in [0.05, 0.1) is 5.52 Å². The Morgan fingerprint density at radius 2 is 2.16 bits per heavy atom. The number of carbonyl (C=O) groups excluding carboxylic acids is 1. The van der Waals surface area contributed by atoms with E-state index in [9.17, 15) is 9.59 Å². The molecule has 6 nitrogen and oxygen atoms in total. The first-order valence-corrected chi connectivity index (χ1v) is 8.50. The van der Waals surface area contributed by atoms with Gasteiger partial charge in [0, 0.05) is 25.0 Å². The summed E-state index contributed by atoms with van der Waals surface area (Å²) in [4.78, 5) is 29.7. The number of H-pyrrole nitrogens is 1. The molecule has 0 bridgehead atoms. The molecule has 0 spiro atoms. The smallest absolute Gasteiger partial charge is 0.320 e. The minimum absolute atomic E-state index is 0.264. The minimum atomic E-state index is -0.318. The first-order valence-electron chi connectivity index (χ1n) is 8.50. The molecule has 6 heteroatoms. The molecule has 3 heterocycles. The van der Waals surface area contributed by atoms with Crippen LogP contribution in [-0.2, 0) is 13.0 Å². The van der Waals surface area contributed by atoms with Gasteiger partial charge in [0.1, 0.15) is 5.69 Å². The van der Waals surface area contributed by atoms with Crippen molar-refractivity contribution in [2.45, 2.75) is 19.9 Å². The second-order valence-corrected chi connectivity index (χ2v) is 6.31. The zero-order valence-electron chi connectivity index (χ0n) is 14.1. The SMILES string of the molecule is CCN1CCc2c(cccc2NC(=O)c2cc3cccn3c(=O)[nH]2)C1. The van der Waals surface area contributed by atoms with E-state index in [-0.39, 0.29) is 17.3 Å². The minimum Gasteiger partial charge on any atom is -0.320 e. The summed E-state index contributed by atoms with van der Waals surface area (Å²) in [6, 6.07) is 11.3. The summed E-state index contributed by atoms with van der Waals surface area (Å²) in [5.74, 6) is -0.299. The molecule has 128 valence electrons. The number of fused-ring (bicyclic) bond motifs is 2. The fourth-order valence-corrected chi connectivity index (χ4v) is 3.42. The lowest BCUT2D eigenvalue weighted by molar-refractivity contribution is 0.102. The summed E-state index contributed by atoms with van der Waals surface area (Å²) >= 11 is 0. The van der Waals surface area contributed by atoms with Crippen LogP contribution in [0.1, 0.15) is 28.5 Å². The van der Waals surface area contributed by atoms with Crippen molar-refractivity contribution >= 4 is 17.1 Å². The van der Waals surface area contributed by atoms with Crippen LogP contribution in [-0.4, -0.2) is 33.3 Å². The molecule has 25 heavy (non-hydrogen) atoms. The van der Waals surface area contributed by atoms with Crippen LogP contribution in [0.2, 0.25) is 0 Å². The van der Waals surface area contributed by atoms with Crippen LogP contribution in [0.3, 0.4) is 0 Å². The van der Waals surface area contributed by atoms with Gasteiger partial charge in [-0.3, -0.25) is 14.1 Å². The number of nitrogens with zero attached hydrogens (tertiary/aromatic N) is 2. The average Bonchev–Trinajstić information content (AvgIpc) is 3.10. The summed E-state index contributed by atoms with van der Waals surface area (Å²) in [5, 5.41) is 2.97. The number of rotatable bonds is 3. The van der Waals surface area contributed by atoms with E-state index in [0.717, 1.165) is 31.7 Å². The molecular formula is C19H20N4O2. The molecule has 1 amide bonds. The summed E-state index contributed by atoms with van der Waals surface area (Å²) in [6.45, 7) is 5.07. The summed E-state index contributed by atoms with van der Waals surface area (Å²) in [5.41, 5.74) is 3.91. The van der Waals surface area contributed by atoms with Gasteiger partial charge in [-0.25, -0.2) is 4.79 Å². The first-order chi connectivity index (χ1) is 12.2. The lowest BCUT2D eigenvalue weighted by Crippen LogP contribution is -2.31. The van der Waals surface area contributed by atoms with Crippen LogP contribution in [0.4, 0.5) is 5.69 Å². The van der Waals surface area contributed by atoms with Crippen molar-refractivity contribution in [1.82, 2.24) is 14.3 Å². The highest BCUT2D eigenvalue weighted by Crippen LogP contribution is 2.26. The molecule has 0 aliphatic carbocycles. The maximum atomic E-state index is 12.6. The third-order valence-corrected chi connectivity index (χ3v) is 4.82. The van der Waals surface area contributed by atoms with E-state index in [2.05, 4.69) is 28.2 Å². The van der Waals surface area contributed by atoms with Gasteiger partial charge in [-0.1, -0.05) is 19.1 Å². The number of anilines is 1. The Bertz CT molecular complexity index is 1000. The van der Waals surface area contributed by atoms with E-state index >= 15 is 0 Å². The van der Waals surface area contributed by atoms with Crippen LogP contribution >= 0.6 is 0 Å². The van der Waals surface area contributed by atoms with Gasteiger partial charge in [-0.15, -0.1) is 0 Å². The molecule has 3 aromatic rings. The Balaban J connectivity index is 1.64. The van der Waals surface area contributed by atoms with Gasteiger partial charge in [0.25, 0.3) is 5.91 Å².